The average molecular weight is 241 g/mol. The molecular formula is C14H11NOS. The molecule has 0 saturated heterocycles. The zero-order chi connectivity index (χ0) is 11.8. The third-order valence-electron chi connectivity index (χ3n) is 2.90. The molecule has 0 aliphatic carbocycles. The first-order valence-corrected chi connectivity index (χ1v) is 6.30. The van der Waals surface area contributed by atoms with Crippen LogP contribution in [-0.2, 0) is 0 Å². The van der Waals surface area contributed by atoms with E-state index < -0.39 is 0 Å². The summed E-state index contributed by atoms with van der Waals surface area (Å²) in [4.78, 5) is 16.3. The molecule has 0 unspecified atom stereocenters. The maximum atomic E-state index is 12.3. The minimum atomic E-state index is 0.0977. The summed E-state index contributed by atoms with van der Waals surface area (Å²) in [5.41, 5.74) is 2.91. The molecule has 1 N–H and O–H groups in total. The quantitative estimate of drug-likeness (QED) is 0.681. The van der Waals surface area contributed by atoms with E-state index in [9.17, 15) is 4.79 Å². The Labute approximate surface area is 103 Å². The number of ketones is 1. The van der Waals surface area contributed by atoms with Crippen molar-refractivity contribution in [3.8, 4) is 0 Å². The molecule has 0 fully saturated rings. The van der Waals surface area contributed by atoms with Crippen LogP contribution in [0.3, 0.4) is 0 Å². The Morgan fingerprint density at radius 1 is 1.24 bits per heavy atom. The fourth-order valence-electron chi connectivity index (χ4n) is 2.09. The van der Waals surface area contributed by atoms with E-state index in [-0.39, 0.29) is 5.78 Å². The molecule has 0 radical (unpaired) electrons. The highest BCUT2D eigenvalue weighted by molar-refractivity contribution is 7.12. The van der Waals surface area contributed by atoms with Gasteiger partial charge in [0.05, 0.1) is 4.88 Å². The molecule has 2 heterocycles. The summed E-state index contributed by atoms with van der Waals surface area (Å²) in [5.74, 6) is 0.0977. The van der Waals surface area contributed by atoms with Gasteiger partial charge in [-0.1, -0.05) is 18.2 Å². The molecule has 3 aromatic rings. The van der Waals surface area contributed by atoms with Crippen molar-refractivity contribution in [2.24, 2.45) is 0 Å². The van der Waals surface area contributed by atoms with Gasteiger partial charge in [0, 0.05) is 22.7 Å². The second-order valence-corrected chi connectivity index (χ2v) is 4.95. The van der Waals surface area contributed by atoms with Gasteiger partial charge in [-0.2, -0.15) is 0 Å². The van der Waals surface area contributed by atoms with Crippen molar-refractivity contribution in [1.82, 2.24) is 4.98 Å². The number of benzene rings is 1. The normalized spacial score (nSPS) is 10.9. The molecule has 0 atom stereocenters. The Morgan fingerprint density at radius 3 is 2.88 bits per heavy atom. The number of carbonyl (C=O) groups is 1. The molecule has 84 valence electrons. The monoisotopic (exact) mass is 241 g/mol. The van der Waals surface area contributed by atoms with E-state index in [4.69, 9.17) is 0 Å². The van der Waals surface area contributed by atoms with Gasteiger partial charge in [-0.3, -0.25) is 4.79 Å². The number of carbonyl (C=O) groups excluding carboxylic acids is 1. The second-order valence-electron chi connectivity index (χ2n) is 4.01. The molecule has 0 amide bonds. The van der Waals surface area contributed by atoms with Crippen molar-refractivity contribution >= 4 is 28.0 Å². The fraction of sp³-hybridized carbons (Fsp3) is 0.0714. The summed E-state index contributed by atoms with van der Waals surface area (Å²) in [6, 6.07) is 9.78. The van der Waals surface area contributed by atoms with Crippen LogP contribution in [0, 0.1) is 6.92 Å². The van der Waals surface area contributed by atoms with E-state index in [2.05, 4.69) is 4.98 Å². The molecule has 17 heavy (non-hydrogen) atoms. The van der Waals surface area contributed by atoms with Gasteiger partial charge in [0.25, 0.3) is 0 Å². The Bertz CT molecular complexity index is 679. The summed E-state index contributed by atoms with van der Waals surface area (Å²) >= 11 is 1.48. The van der Waals surface area contributed by atoms with Gasteiger partial charge in [-0.15, -0.1) is 11.3 Å². The Kier molecular flexibility index (Phi) is 2.34. The fourth-order valence-corrected chi connectivity index (χ4v) is 2.77. The number of rotatable bonds is 2. The van der Waals surface area contributed by atoms with E-state index in [0.717, 1.165) is 26.9 Å². The van der Waals surface area contributed by atoms with Crippen molar-refractivity contribution in [2.75, 3.05) is 0 Å². The molecule has 0 aliphatic heterocycles. The molecule has 1 aromatic carbocycles. The largest absolute Gasteiger partial charge is 0.360 e. The number of thiophene rings is 1. The standard InChI is InChI=1S/C14H11NOS/c1-9-4-2-5-11-13(9)10(8-15-11)14(16)12-6-3-7-17-12/h2-8,15H,1H3. The van der Waals surface area contributed by atoms with Crippen LogP contribution in [0.4, 0.5) is 0 Å². The first-order chi connectivity index (χ1) is 8.27. The molecule has 3 rings (SSSR count). The lowest BCUT2D eigenvalue weighted by molar-refractivity contribution is 0.104. The molecule has 0 saturated carbocycles. The molecule has 0 aliphatic rings. The number of aromatic nitrogens is 1. The van der Waals surface area contributed by atoms with Crippen LogP contribution in [0.15, 0.2) is 41.9 Å². The van der Waals surface area contributed by atoms with E-state index in [1.165, 1.54) is 11.3 Å². The number of aromatic amines is 1. The number of nitrogens with one attached hydrogen (secondary N) is 1. The van der Waals surface area contributed by atoms with E-state index in [1.807, 2.05) is 42.6 Å². The van der Waals surface area contributed by atoms with Gasteiger partial charge in [0.1, 0.15) is 0 Å². The van der Waals surface area contributed by atoms with Crippen LogP contribution in [0.2, 0.25) is 0 Å². The molecule has 0 spiro atoms. The summed E-state index contributed by atoms with van der Waals surface area (Å²) in [7, 11) is 0. The first-order valence-electron chi connectivity index (χ1n) is 5.42. The van der Waals surface area contributed by atoms with Crippen LogP contribution in [0.25, 0.3) is 10.9 Å². The van der Waals surface area contributed by atoms with Crippen LogP contribution in [0.1, 0.15) is 20.8 Å². The zero-order valence-corrected chi connectivity index (χ0v) is 10.2. The molecular weight excluding hydrogens is 230 g/mol. The van der Waals surface area contributed by atoms with E-state index in [0.29, 0.717) is 0 Å². The van der Waals surface area contributed by atoms with Crippen LogP contribution in [-0.4, -0.2) is 10.8 Å². The number of aryl methyl sites for hydroxylation is 1. The van der Waals surface area contributed by atoms with Gasteiger partial charge >= 0.3 is 0 Å². The minimum Gasteiger partial charge on any atom is -0.360 e. The summed E-state index contributed by atoms with van der Waals surface area (Å²) in [6.45, 7) is 2.03. The second kappa shape index (κ2) is 3.86. The highest BCUT2D eigenvalue weighted by atomic mass is 32.1. The van der Waals surface area contributed by atoms with Crippen molar-refractivity contribution in [2.45, 2.75) is 6.92 Å². The first kappa shape index (κ1) is 10.3. The smallest absolute Gasteiger partial charge is 0.205 e. The topological polar surface area (TPSA) is 32.9 Å². The van der Waals surface area contributed by atoms with E-state index >= 15 is 0 Å². The Hall–Kier alpha value is -1.87. The third kappa shape index (κ3) is 1.59. The maximum Gasteiger partial charge on any atom is 0.205 e. The van der Waals surface area contributed by atoms with Crippen LogP contribution in [0.5, 0.6) is 0 Å². The third-order valence-corrected chi connectivity index (χ3v) is 3.77. The summed E-state index contributed by atoms with van der Waals surface area (Å²) in [5, 5.41) is 2.96. The molecule has 2 nitrogen and oxygen atoms in total. The van der Waals surface area contributed by atoms with Crippen molar-refractivity contribution in [3.63, 3.8) is 0 Å². The van der Waals surface area contributed by atoms with Gasteiger partial charge in [0.15, 0.2) is 0 Å². The van der Waals surface area contributed by atoms with Crippen molar-refractivity contribution in [1.29, 1.82) is 0 Å². The lowest BCUT2D eigenvalue weighted by Crippen LogP contribution is -1.97. The minimum absolute atomic E-state index is 0.0977. The highest BCUT2D eigenvalue weighted by Crippen LogP contribution is 2.25. The Balaban J connectivity index is 2.22. The highest BCUT2D eigenvalue weighted by Gasteiger charge is 2.15. The predicted molar refractivity (Wildman–Crippen MR) is 70.8 cm³/mol. The van der Waals surface area contributed by atoms with Gasteiger partial charge in [0.2, 0.25) is 5.78 Å². The van der Waals surface area contributed by atoms with Crippen LogP contribution >= 0.6 is 11.3 Å². The zero-order valence-electron chi connectivity index (χ0n) is 9.36. The predicted octanol–water partition coefficient (Wildman–Crippen LogP) is 3.77. The van der Waals surface area contributed by atoms with Crippen molar-refractivity contribution in [3.05, 3.63) is 57.9 Å². The number of H-pyrrole nitrogens is 1. The summed E-state index contributed by atoms with van der Waals surface area (Å²) in [6.07, 6.45) is 1.81. The number of fused-ring (bicyclic) bond motifs is 1. The van der Waals surface area contributed by atoms with E-state index in [1.54, 1.807) is 6.20 Å². The lowest BCUT2D eigenvalue weighted by atomic mass is 10.0. The maximum absolute atomic E-state index is 12.3. The van der Waals surface area contributed by atoms with Gasteiger partial charge < -0.3 is 4.98 Å². The molecule has 0 bridgehead atoms. The lowest BCUT2D eigenvalue weighted by Gasteiger charge is -1.99. The summed E-state index contributed by atoms with van der Waals surface area (Å²) < 4.78 is 0. The Morgan fingerprint density at radius 2 is 2.12 bits per heavy atom. The molecule has 3 heteroatoms. The SMILES string of the molecule is Cc1cccc2[nH]cc(C(=O)c3cccs3)c12. The van der Waals surface area contributed by atoms with Crippen molar-refractivity contribution < 1.29 is 4.79 Å². The van der Waals surface area contributed by atoms with Crippen LogP contribution < -0.4 is 0 Å². The van der Waals surface area contributed by atoms with Gasteiger partial charge in [-0.05, 0) is 30.0 Å². The average Bonchev–Trinajstić information content (AvgIpc) is 2.98. The molecule has 2 aromatic heterocycles. The van der Waals surface area contributed by atoms with Gasteiger partial charge in [-0.25, -0.2) is 0 Å². The number of hydrogen-bond acceptors (Lipinski definition) is 2. The number of hydrogen-bond donors (Lipinski definition) is 1.